The highest BCUT2D eigenvalue weighted by molar-refractivity contribution is 5.18. The molecule has 0 aromatic heterocycles. The quantitative estimate of drug-likeness (QED) is 0.640. The molecule has 0 aliphatic heterocycles. The predicted octanol–water partition coefficient (Wildman–Crippen LogP) is 3.63. The maximum absolute atomic E-state index is 9.57. The van der Waals surface area contributed by atoms with Crippen molar-refractivity contribution in [3.63, 3.8) is 0 Å². The van der Waals surface area contributed by atoms with Crippen LogP contribution in [0.2, 0.25) is 0 Å². The van der Waals surface area contributed by atoms with Crippen LogP contribution in [0, 0.1) is 22.7 Å². The van der Waals surface area contributed by atoms with Gasteiger partial charge in [0.25, 0.3) is 0 Å². The van der Waals surface area contributed by atoms with Crippen molar-refractivity contribution in [2.45, 2.75) is 76.7 Å². The molecule has 124 valence electrons. The Bertz CT molecular complexity index is 439. The van der Waals surface area contributed by atoms with Gasteiger partial charge < -0.3 is 9.47 Å². The van der Waals surface area contributed by atoms with Gasteiger partial charge in [0.2, 0.25) is 0 Å². The summed E-state index contributed by atoms with van der Waals surface area (Å²) in [5.41, 5.74) is -3.98. The van der Waals surface area contributed by atoms with Crippen molar-refractivity contribution in [2.75, 3.05) is 14.2 Å². The third kappa shape index (κ3) is 3.29. The van der Waals surface area contributed by atoms with Gasteiger partial charge in [-0.25, -0.2) is 0 Å². The molecule has 6 nitrogen and oxygen atoms in total. The van der Waals surface area contributed by atoms with Crippen molar-refractivity contribution in [1.29, 1.82) is 10.5 Å². The molecule has 0 fully saturated rings. The van der Waals surface area contributed by atoms with E-state index in [1.807, 2.05) is 27.7 Å². The molecule has 0 saturated heterocycles. The van der Waals surface area contributed by atoms with Gasteiger partial charge in [-0.05, 0) is 40.5 Å². The summed E-state index contributed by atoms with van der Waals surface area (Å²) in [6.45, 7) is 10.8. The molecule has 0 amide bonds. The molecule has 0 aromatic rings. The van der Waals surface area contributed by atoms with Crippen LogP contribution in [-0.4, -0.2) is 36.5 Å². The minimum Gasteiger partial charge on any atom is -0.375 e. The summed E-state index contributed by atoms with van der Waals surface area (Å²) in [6, 6.07) is 4.34. The van der Waals surface area contributed by atoms with Crippen LogP contribution < -0.4 is 0 Å². The summed E-state index contributed by atoms with van der Waals surface area (Å²) >= 11 is 0. The van der Waals surface area contributed by atoms with E-state index in [9.17, 15) is 10.5 Å². The van der Waals surface area contributed by atoms with Gasteiger partial charge in [-0.3, -0.25) is 0 Å². The second kappa shape index (κ2) is 7.17. The Morgan fingerprint density at radius 1 is 0.773 bits per heavy atom. The monoisotopic (exact) mass is 308 g/mol. The number of ether oxygens (including phenoxy) is 2. The van der Waals surface area contributed by atoms with Crippen LogP contribution in [0.25, 0.3) is 0 Å². The van der Waals surface area contributed by atoms with E-state index in [1.54, 1.807) is 28.1 Å². The number of nitrogens with zero attached hydrogens (tertiary/aromatic N) is 4. The standard InChI is InChI=1S/C16H28N4O2/c1-9-15(5,21-7)13(3,11-17)19-20-14(4,12-18)16(6,10-2)22-8/h9-10H2,1-8H3/b20-19+. The van der Waals surface area contributed by atoms with Crippen LogP contribution >= 0.6 is 0 Å². The number of methoxy groups -OCH3 is 2. The average Bonchev–Trinajstić information content (AvgIpc) is 2.57. The third-order valence-electron chi connectivity index (χ3n) is 5.20. The molecule has 0 spiro atoms. The van der Waals surface area contributed by atoms with Gasteiger partial charge in [0.05, 0.1) is 12.1 Å². The minimum absolute atomic E-state index is 0.588. The van der Waals surface area contributed by atoms with E-state index in [0.29, 0.717) is 12.8 Å². The van der Waals surface area contributed by atoms with Crippen molar-refractivity contribution < 1.29 is 9.47 Å². The molecule has 0 aliphatic rings. The summed E-state index contributed by atoms with van der Waals surface area (Å²) < 4.78 is 11.0. The molecule has 0 radical (unpaired) electrons. The Labute approximate surface area is 134 Å². The first-order valence-electron chi connectivity index (χ1n) is 7.44. The summed E-state index contributed by atoms with van der Waals surface area (Å²) in [5.74, 6) is 0. The fourth-order valence-corrected chi connectivity index (χ4v) is 2.07. The minimum atomic E-state index is -1.20. The van der Waals surface area contributed by atoms with E-state index in [0.717, 1.165) is 0 Å². The molecule has 0 rings (SSSR count). The zero-order chi connectivity index (χ0) is 17.7. The van der Waals surface area contributed by atoms with Gasteiger partial charge >= 0.3 is 0 Å². The normalized spacial score (nSPS) is 22.6. The van der Waals surface area contributed by atoms with Crippen molar-refractivity contribution in [2.24, 2.45) is 10.2 Å². The topological polar surface area (TPSA) is 90.8 Å². The predicted molar refractivity (Wildman–Crippen MR) is 84.3 cm³/mol. The molecule has 0 bridgehead atoms. The Morgan fingerprint density at radius 2 is 1.05 bits per heavy atom. The second-order valence-electron chi connectivity index (χ2n) is 6.15. The fourth-order valence-electron chi connectivity index (χ4n) is 2.07. The van der Waals surface area contributed by atoms with Crippen LogP contribution in [0.3, 0.4) is 0 Å². The van der Waals surface area contributed by atoms with Crippen molar-refractivity contribution in [1.82, 2.24) is 0 Å². The molecule has 0 aromatic carbocycles. The molecule has 6 heteroatoms. The maximum Gasteiger partial charge on any atom is 0.192 e. The number of hydrogen-bond acceptors (Lipinski definition) is 6. The van der Waals surface area contributed by atoms with Crippen molar-refractivity contribution in [3.05, 3.63) is 0 Å². The van der Waals surface area contributed by atoms with E-state index in [4.69, 9.17) is 9.47 Å². The number of azo groups is 1. The molecule has 4 unspecified atom stereocenters. The van der Waals surface area contributed by atoms with Crippen LogP contribution in [0.5, 0.6) is 0 Å². The van der Waals surface area contributed by atoms with Crippen molar-refractivity contribution >= 4 is 0 Å². The molecular weight excluding hydrogens is 280 g/mol. The lowest BCUT2D eigenvalue weighted by atomic mass is 9.81. The molecular formula is C16H28N4O2. The smallest absolute Gasteiger partial charge is 0.192 e. The van der Waals surface area contributed by atoms with E-state index in [-0.39, 0.29) is 0 Å². The van der Waals surface area contributed by atoms with Gasteiger partial charge in [0.15, 0.2) is 11.1 Å². The lowest BCUT2D eigenvalue weighted by Crippen LogP contribution is -2.51. The number of nitriles is 2. The number of rotatable bonds is 8. The maximum atomic E-state index is 9.57. The highest BCUT2D eigenvalue weighted by atomic mass is 16.5. The van der Waals surface area contributed by atoms with E-state index in [1.165, 1.54) is 0 Å². The molecule has 22 heavy (non-hydrogen) atoms. The first-order chi connectivity index (χ1) is 10.1. The second-order valence-corrected chi connectivity index (χ2v) is 6.15. The lowest BCUT2D eigenvalue weighted by molar-refractivity contribution is -0.0490. The van der Waals surface area contributed by atoms with Gasteiger partial charge in [-0.15, -0.1) is 0 Å². The van der Waals surface area contributed by atoms with E-state index in [2.05, 4.69) is 22.4 Å². The fraction of sp³-hybridized carbons (Fsp3) is 0.875. The third-order valence-corrected chi connectivity index (χ3v) is 5.20. The zero-order valence-electron chi connectivity index (χ0n) is 15.0. The highest BCUT2D eigenvalue weighted by Gasteiger charge is 2.49. The molecule has 0 heterocycles. The molecule has 0 aliphatic carbocycles. The van der Waals surface area contributed by atoms with Gasteiger partial charge in [0, 0.05) is 14.2 Å². The summed E-state index contributed by atoms with van der Waals surface area (Å²) in [5, 5.41) is 27.6. The Kier molecular flexibility index (Phi) is 6.69. The van der Waals surface area contributed by atoms with Crippen LogP contribution in [0.4, 0.5) is 0 Å². The van der Waals surface area contributed by atoms with Crippen molar-refractivity contribution in [3.8, 4) is 12.1 Å². The van der Waals surface area contributed by atoms with Gasteiger partial charge in [-0.2, -0.15) is 20.8 Å². The van der Waals surface area contributed by atoms with E-state index >= 15 is 0 Å². The largest absolute Gasteiger partial charge is 0.375 e. The molecule has 4 atom stereocenters. The highest BCUT2D eigenvalue weighted by Crippen LogP contribution is 2.36. The summed E-state index contributed by atoms with van der Waals surface area (Å²) in [7, 11) is 3.09. The zero-order valence-corrected chi connectivity index (χ0v) is 15.0. The van der Waals surface area contributed by atoms with E-state index < -0.39 is 22.3 Å². The SMILES string of the molecule is CCC(C)(OC)C(C)(C#N)/N=N/C(C)(C#N)C(C)(CC)OC. The lowest BCUT2D eigenvalue weighted by Gasteiger charge is -2.39. The Balaban J connectivity index is 5.91. The first kappa shape index (κ1) is 20.5. The number of hydrogen-bond donors (Lipinski definition) is 0. The van der Waals surface area contributed by atoms with Crippen LogP contribution in [-0.2, 0) is 9.47 Å². The van der Waals surface area contributed by atoms with Crippen LogP contribution in [0.15, 0.2) is 10.2 Å². The Hall–Kier alpha value is -1.50. The Morgan fingerprint density at radius 3 is 1.18 bits per heavy atom. The summed E-state index contributed by atoms with van der Waals surface area (Å²) in [4.78, 5) is 0. The summed E-state index contributed by atoms with van der Waals surface area (Å²) in [6.07, 6.45) is 1.18. The first-order valence-corrected chi connectivity index (χ1v) is 7.44. The van der Waals surface area contributed by atoms with Crippen LogP contribution in [0.1, 0.15) is 54.4 Å². The van der Waals surface area contributed by atoms with Gasteiger partial charge in [0.1, 0.15) is 11.2 Å². The average molecular weight is 308 g/mol. The molecule has 0 saturated carbocycles. The van der Waals surface area contributed by atoms with Gasteiger partial charge in [-0.1, -0.05) is 13.8 Å². The molecule has 0 N–H and O–H groups in total.